The average Bonchev–Trinajstić information content (AvgIpc) is 3.48. The third-order valence-electron chi connectivity index (χ3n) is 8.36. The van der Waals surface area contributed by atoms with Gasteiger partial charge in [-0.2, -0.15) is 5.26 Å². The van der Waals surface area contributed by atoms with Gasteiger partial charge < -0.3 is 24.2 Å². The molecule has 9 heteroatoms. The lowest BCUT2D eigenvalue weighted by atomic mass is 9.90. The van der Waals surface area contributed by atoms with Crippen molar-refractivity contribution in [2.45, 2.75) is 52.9 Å². The highest BCUT2D eigenvalue weighted by atomic mass is 35.5. The van der Waals surface area contributed by atoms with Crippen LogP contribution >= 0.6 is 11.6 Å². The molecule has 0 spiro atoms. The van der Waals surface area contributed by atoms with Gasteiger partial charge in [0.2, 0.25) is 0 Å². The lowest BCUT2D eigenvalue weighted by Crippen LogP contribution is -2.24. The number of likely N-dealkylation sites (tertiary alicyclic amines) is 1. The van der Waals surface area contributed by atoms with Gasteiger partial charge in [-0.05, 0) is 85.2 Å². The van der Waals surface area contributed by atoms with Crippen LogP contribution in [0.3, 0.4) is 0 Å². The topological polar surface area (TPSA) is 105 Å². The molecule has 8 nitrogen and oxygen atoms in total. The monoisotopic (exact) mass is 639 g/mol. The molecule has 1 unspecified atom stereocenters. The normalized spacial score (nSPS) is 14.6. The van der Waals surface area contributed by atoms with Gasteiger partial charge in [-0.15, -0.1) is 0 Å². The van der Waals surface area contributed by atoms with E-state index in [1.54, 1.807) is 18.3 Å². The number of ether oxygens (including phenoxy) is 3. The number of benzene rings is 3. The maximum atomic E-state index is 11.8. The van der Waals surface area contributed by atoms with Crippen molar-refractivity contribution in [3.63, 3.8) is 0 Å². The summed E-state index contributed by atoms with van der Waals surface area (Å²) in [6.45, 7) is 9.88. The van der Waals surface area contributed by atoms with Crippen LogP contribution in [-0.4, -0.2) is 53.6 Å². The Balaban J connectivity index is 1.29. The number of aliphatic hydroxyl groups is 1. The minimum Gasteiger partial charge on any atom is -0.493 e. The lowest BCUT2D eigenvalue weighted by Gasteiger charge is -2.20. The van der Waals surface area contributed by atoms with E-state index in [-0.39, 0.29) is 19.3 Å². The van der Waals surface area contributed by atoms with Gasteiger partial charge in [-0.3, -0.25) is 9.78 Å². The van der Waals surface area contributed by atoms with Crippen LogP contribution in [0.15, 0.2) is 60.9 Å². The maximum Gasteiger partial charge on any atom is 0.153 e. The van der Waals surface area contributed by atoms with Crippen LogP contribution in [0.5, 0.6) is 17.2 Å². The summed E-state index contributed by atoms with van der Waals surface area (Å²) >= 11 is 6.51. The molecular weight excluding hydrogens is 602 g/mol. The fourth-order valence-corrected chi connectivity index (χ4v) is 6.04. The molecule has 0 bridgehead atoms. The van der Waals surface area contributed by atoms with Gasteiger partial charge in [-0.1, -0.05) is 35.9 Å². The van der Waals surface area contributed by atoms with Crippen molar-refractivity contribution in [3.8, 4) is 34.4 Å². The number of rotatable bonds is 13. The number of carbonyl (C=O) groups is 1. The highest BCUT2D eigenvalue weighted by Crippen LogP contribution is 2.37. The number of nitriles is 1. The Morgan fingerprint density at radius 2 is 1.85 bits per heavy atom. The second-order valence-electron chi connectivity index (χ2n) is 11.6. The minimum absolute atomic E-state index is 0.121. The molecule has 1 aliphatic heterocycles. The molecule has 0 radical (unpaired) electrons. The number of pyridine rings is 1. The van der Waals surface area contributed by atoms with E-state index < -0.39 is 0 Å². The Kier molecular flexibility index (Phi) is 10.9. The summed E-state index contributed by atoms with van der Waals surface area (Å²) < 4.78 is 18.4. The van der Waals surface area contributed by atoms with Gasteiger partial charge in [-0.25, -0.2) is 0 Å². The molecule has 238 valence electrons. The maximum absolute atomic E-state index is 11.8. The van der Waals surface area contributed by atoms with E-state index in [1.165, 1.54) is 12.3 Å². The molecule has 2 heterocycles. The van der Waals surface area contributed by atoms with Crippen LogP contribution in [-0.2, 0) is 13.2 Å². The Morgan fingerprint density at radius 1 is 1.02 bits per heavy atom. The molecule has 1 atom stereocenters. The molecular formula is C37H38ClN3O5. The summed E-state index contributed by atoms with van der Waals surface area (Å²) in [6.07, 6.45) is 5.31. The fourth-order valence-electron chi connectivity index (χ4n) is 5.82. The summed E-state index contributed by atoms with van der Waals surface area (Å²) in [5.41, 5.74) is 7.98. The van der Waals surface area contributed by atoms with Gasteiger partial charge in [0.1, 0.15) is 36.5 Å². The van der Waals surface area contributed by atoms with Crippen LogP contribution < -0.4 is 14.2 Å². The average molecular weight is 640 g/mol. The molecule has 0 saturated carbocycles. The van der Waals surface area contributed by atoms with Gasteiger partial charge in [0.05, 0.1) is 28.9 Å². The van der Waals surface area contributed by atoms with Gasteiger partial charge in [0.25, 0.3) is 0 Å². The zero-order valence-electron chi connectivity index (χ0n) is 26.4. The Hall–Kier alpha value is -4.42. The number of aliphatic hydroxyl groups excluding tert-OH is 1. The molecule has 1 N–H and O–H groups in total. The number of β-amino-alcohol motifs (C(OH)–C–C–N with tert-alkyl or cyclic N) is 1. The number of aromatic nitrogens is 1. The summed E-state index contributed by atoms with van der Waals surface area (Å²) in [6, 6.07) is 17.2. The highest BCUT2D eigenvalue weighted by Gasteiger charge is 2.20. The number of hydrogen-bond acceptors (Lipinski definition) is 8. The first-order valence-electron chi connectivity index (χ1n) is 15.4. The first kappa shape index (κ1) is 33.0. The number of aryl methyl sites for hydroxylation is 1. The first-order chi connectivity index (χ1) is 22.3. The van der Waals surface area contributed by atoms with Crippen LogP contribution in [0.25, 0.3) is 11.1 Å². The molecule has 4 aromatic rings. The molecule has 1 fully saturated rings. The SMILES string of the molecule is Cc1ccc(OCCCN2CCC(O)C2)c(C)c1-c1cccc(COc2cc(OCc3cncc(C#N)c3)c(C=O)cc2Cl)c1C. The van der Waals surface area contributed by atoms with Gasteiger partial charge >= 0.3 is 0 Å². The van der Waals surface area contributed by atoms with Crippen molar-refractivity contribution in [2.75, 3.05) is 26.2 Å². The van der Waals surface area contributed by atoms with E-state index in [1.807, 2.05) is 18.2 Å². The van der Waals surface area contributed by atoms with Gasteiger partial charge in [0.15, 0.2) is 6.29 Å². The zero-order chi connectivity index (χ0) is 32.6. The molecule has 46 heavy (non-hydrogen) atoms. The summed E-state index contributed by atoms with van der Waals surface area (Å²) in [5, 5.41) is 19.2. The van der Waals surface area contributed by atoms with E-state index >= 15 is 0 Å². The van der Waals surface area contributed by atoms with Crippen LogP contribution in [0.2, 0.25) is 5.02 Å². The highest BCUT2D eigenvalue weighted by molar-refractivity contribution is 6.32. The molecule has 3 aromatic carbocycles. The van der Waals surface area contributed by atoms with Crippen LogP contribution in [0.1, 0.15) is 56.6 Å². The van der Waals surface area contributed by atoms with Crippen LogP contribution in [0.4, 0.5) is 0 Å². The molecule has 1 aromatic heterocycles. The second-order valence-corrected chi connectivity index (χ2v) is 12.0. The van der Waals surface area contributed by atoms with Crippen molar-refractivity contribution in [1.82, 2.24) is 9.88 Å². The zero-order valence-corrected chi connectivity index (χ0v) is 27.1. The van der Waals surface area contributed by atoms with E-state index in [9.17, 15) is 9.90 Å². The van der Waals surface area contributed by atoms with Crippen molar-refractivity contribution in [3.05, 3.63) is 105 Å². The third-order valence-corrected chi connectivity index (χ3v) is 8.65. The molecule has 1 aliphatic rings. The van der Waals surface area contributed by atoms with E-state index in [0.29, 0.717) is 46.1 Å². The number of nitrogens with zero attached hydrogens (tertiary/aromatic N) is 3. The summed E-state index contributed by atoms with van der Waals surface area (Å²) in [7, 11) is 0. The summed E-state index contributed by atoms with van der Waals surface area (Å²) in [4.78, 5) is 18.1. The fraction of sp³-hybridized carbons (Fsp3) is 0.324. The Labute approximate surface area is 275 Å². The van der Waals surface area contributed by atoms with E-state index in [0.717, 1.165) is 71.6 Å². The summed E-state index contributed by atoms with van der Waals surface area (Å²) in [5.74, 6) is 1.58. The van der Waals surface area contributed by atoms with E-state index in [2.05, 4.69) is 48.9 Å². The number of hydrogen-bond donors (Lipinski definition) is 1. The number of aldehydes is 1. The standard InChI is InChI=1S/C37H38ClN3O5/c1-24-8-9-34(44-13-5-11-41-12-10-31(43)20-41)26(3)37(24)32-7-4-6-29(25(32)2)23-46-36-16-35(30(21-42)15-33(36)38)45-22-28-14-27(17-39)18-40-19-28/h4,6-9,14-16,18-19,21,31,43H,5,10-13,20,22-23H2,1-3H3. The van der Waals surface area contributed by atoms with Gasteiger partial charge in [0, 0.05) is 43.7 Å². The van der Waals surface area contributed by atoms with Crippen molar-refractivity contribution < 1.29 is 24.1 Å². The van der Waals surface area contributed by atoms with E-state index in [4.69, 9.17) is 31.1 Å². The van der Waals surface area contributed by atoms with Crippen molar-refractivity contribution in [1.29, 1.82) is 5.26 Å². The smallest absolute Gasteiger partial charge is 0.153 e. The Morgan fingerprint density at radius 3 is 2.61 bits per heavy atom. The number of halogens is 1. The quantitative estimate of drug-likeness (QED) is 0.123. The van der Waals surface area contributed by atoms with Crippen LogP contribution in [0, 0.1) is 32.1 Å². The molecule has 0 amide bonds. The minimum atomic E-state index is -0.206. The third kappa shape index (κ3) is 7.86. The molecule has 0 aliphatic carbocycles. The van der Waals surface area contributed by atoms with Crippen molar-refractivity contribution >= 4 is 17.9 Å². The largest absolute Gasteiger partial charge is 0.493 e. The molecule has 5 rings (SSSR count). The predicted octanol–water partition coefficient (Wildman–Crippen LogP) is 7.00. The molecule has 1 saturated heterocycles. The predicted molar refractivity (Wildman–Crippen MR) is 178 cm³/mol. The second kappa shape index (κ2) is 15.2. The van der Waals surface area contributed by atoms with Crippen molar-refractivity contribution in [2.24, 2.45) is 0 Å². The lowest BCUT2D eigenvalue weighted by molar-refractivity contribution is 0.111. The number of carbonyl (C=O) groups excluding carboxylic acids is 1. The Bertz CT molecular complexity index is 1750. The first-order valence-corrected chi connectivity index (χ1v) is 15.8.